The zero-order valence-corrected chi connectivity index (χ0v) is 45.0. The zero-order chi connectivity index (χ0) is 53.0. The van der Waals surface area contributed by atoms with Crippen molar-refractivity contribution in [3.63, 3.8) is 0 Å². The summed E-state index contributed by atoms with van der Waals surface area (Å²) in [4.78, 5) is 2.56. The molecule has 6 aromatic carbocycles. The summed E-state index contributed by atoms with van der Waals surface area (Å²) >= 11 is 0. The topological polar surface area (TPSA) is 108 Å². The van der Waals surface area contributed by atoms with E-state index in [1.165, 1.54) is 165 Å². The lowest BCUT2D eigenvalue weighted by atomic mass is 9.94. The van der Waals surface area contributed by atoms with Crippen LogP contribution in [0.3, 0.4) is 0 Å². The summed E-state index contributed by atoms with van der Waals surface area (Å²) in [5.74, 6) is 0. The van der Waals surface area contributed by atoms with Crippen LogP contribution in [0.1, 0.15) is 145 Å². The number of hydrogen-bond donors (Lipinski definition) is 0. The van der Waals surface area contributed by atoms with Crippen LogP contribution in [0.2, 0.25) is 0 Å². The Kier molecular flexibility index (Phi) is 19.3. The van der Waals surface area contributed by atoms with Crippen LogP contribution in [0.5, 0.6) is 0 Å². The Morgan fingerprint density at radius 3 is 0.987 bits per heavy atom. The minimum absolute atomic E-state index is 0.0403. The van der Waals surface area contributed by atoms with E-state index in [9.17, 15) is 21.0 Å². The first-order valence-electron chi connectivity index (χ1n) is 28.8. The minimum atomic E-state index is -0.0403. The molecule has 0 saturated heterocycles. The number of benzene rings is 6. The quantitative estimate of drug-likeness (QED) is 0.0359. The molecule has 2 aromatic heterocycles. The van der Waals surface area contributed by atoms with E-state index >= 15 is 0 Å². The molecule has 0 amide bonds. The lowest BCUT2D eigenvalue weighted by molar-refractivity contribution is 0.530. The van der Waals surface area contributed by atoms with Gasteiger partial charge in [-0.3, -0.25) is 0 Å². The predicted octanol–water partition coefficient (Wildman–Crippen LogP) is 18.6. The van der Waals surface area contributed by atoms with Crippen molar-refractivity contribution in [2.24, 2.45) is 0 Å². The van der Waals surface area contributed by atoms with Gasteiger partial charge in [-0.25, -0.2) is 0 Å². The van der Waals surface area contributed by atoms with Crippen molar-refractivity contribution in [1.29, 1.82) is 21.0 Å². The third-order valence-electron chi connectivity index (χ3n) is 16.0. The van der Waals surface area contributed by atoms with E-state index in [1.54, 1.807) is 0 Å². The Bertz CT molecular complexity index is 3200. The van der Waals surface area contributed by atoms with E-state index in [4.69, 9.17) is 0 Å². The maximum absolute atomic E-state index is 10.0. The average Bonchev–Trinajstić information content (AvgIpc) is 4.11. The number of unbranched alkanes of at least 4 members (excludes halogenated alkanes) is 18. The SMILES string of the molecule is N#CC(C#N)=C1C(=Cc2ccc(N(CCCCCCCCCCCCn3c4ccccc4c4ccccc43)CCCCCCCCCCCCn3c4ccccc4c4ccccc43)cc2)C(=C(C#N)C#N)c2ccccc21. The van der Waals surface area contributed by atoms with Crippen LogP contribution >= 0.6 is 0 Å². The van der Waals surface area contributed by atoms with Gasteiger partial charge in [0.25, 0.3) is 0 Å². The van der Waals surface area contributed by atoms with Gasteiger partial charge in [0, 0.05) is 86.6 Å². The smallest absolute Gasteiger partial charge is 0.138 e. The minimum Gasteiger partial charge on any atom is -0.372 e. The summed E-state index contributed by atoms with van der Waals surface area (Å²) in [5.41, 5.74) is 10.2. The fraction of sp³-hybridized carbons (Fsp3) is 0.343. The lowest BCUT2D eigenvalue weighted by Gasteiger charge is -2.25. The number of aryl methyl sites for hydroxylation is 2. The highest BCUT2D eigenvalue weighted by Crippen LogP contribution is 2.48. The number of nitrogens with zero attached hydrogens (tertiary/aromatic N) is 7. The molecule has 1 aliphatic carbocycles. The van der Waals surface area contributed by atoms with E-state index in [0.717, 1.165) is 44.6 Å². The maximum atomic E-state index is 10.0. The Labute approximate surface area is 457 Å². The number of anilines is 1. The third-order valence-corrected chi connectivity index (χ3v) is 16.0. The molecule has 7 heteroatoms. The standard InChI is InChI=1S/C70H73N7/c71-50-55(51-72)69-62-35-17-18-36-63(62)70(56(52-73)53-74)64(69)49-54-41-43-57(44-42-54)75(45-27-13-9-5-1-3-7-11-15-29-47-76-65-37-23-19-31-58(65)59-32-20-24-38-66(59)76)46-28-14-10-6-2-4-8-12-16-30-48-77-67-39-25-21-33-60(67)61-34-22-26-40-68(61)77/h17-26,31-44,49H,1-16,27-30,45-48H2. The number of rotatable bonds is 28. The van der Waals surface area contributed by atoms with E-state index in [-0.39, 0.29) is 11.1 Å². The summed E-state index contributed by atoms with van der Waals surface area (Å²) in [7, 11) is 0. The van der Waals surface area contributed by atoms with Gasteiger partial charge in [0.15, 0.2) is 0 Å². The third kappa shape index (κ3) is 12.9. The molecule has 77 heavy (non-hydrogen) atoms. The fourth-order valence-electron chi connectivity index (χ4n) is 12.1. The summed E-state index contributed by atoms with van der Waals surface area (Å²) in [6.07, 6.45) is 27.3. The molecule has 0 unspecified atom stereocenters. The number of para-hydroxylation sites is 4. The van der Waals surface area contributed by atoms with Gasteiger partial charge in [0.2, 0.25) is 0 Å². The van der Waals surface area contributed by atoms with Crippen molar-refractivity contribution < 1.29 is 0 Å². The van der Waals surface area contributed by atoms with E-state index in [0.29, 0.717) is 27.8 Å². The van der Waals surface area contributed by atoms with E-state index in [1.807, 2.05) is 30.3 Å². The van der Waals surface area contributed by atoms with E-state index < -0.39 is 0 Å². The summed E-state index contributed by atoms with van der Waals surface area (Å²) in [5, 5.41) is 45.5. The van der Waals surface area contributed by atoms with Crippen molar-refractivity contribution in [2.45, 2.75) is 142 Å². The van der Waals surface area contributed by atoms with Crippen molar-refractivity contribution in [1.82, 2.24) is 9.13 Å². The van der Waals surface area contributed by atoms with Gasteiger partial charge in [-0.05, 0) is 90.4 Å². The molecule has 388 valence electrons. The van der Waals surface area contributed by atoms with Gasteiger partial charge < -0.3 is 14.0 Å². The molecule has 0 saturated carbocycles. The zero-order valence-electron chi connectivity index (χ0n) is 45.0. The second kappa shape index (κ2) is 27.6. The number of hydrogen-bond acceptors (Lipinski definition) is 5. The number of nitriles is 4. The highest BCUT2D eigenvalue weighted by atomic mass is 15.1. The fourth-order valence-corrected chi connectivity index (χ4v) is 12.1. The molecule has 0 aliphatic heterocycles. The molecule has 0 radical (unpaired) electrons. The monoisotopic (exact) mass is 1010 g/mol. The van der Waals surface area contributed by atoms with Crippen molar-refractivity contribution in [3.05, 3.63) is 179 Å². The largest absolute Gasteiger partial charge is 0.372 e. The molecular weight excluding hydrogens is 939 g/mol. The second-order valence-electron chi connectivity index (χ2n) is 21.1. The highest BCUT2D eigenvalue weighted by Gasteiger charge is 2.32. The first-order valence-corrected chi connectivity index (χ1v) is 28.8. The Hall–Kier alpha value is -8.10. The number of aromatic nitrogens is 2. The van der Waals surface area contributed by atoms with Crippen LogP contribution < -0.4 is 4.90 Å². The van der Waals surface area contributed by atoms with Crippen LogP contribution in [0.25, 0.3) is 60.8 Å². The predicted molar refractivity (Wildman–Crippen MR) is 321 cm³/mol. The molecule has 7 nitrogen and oxygen atoms in total. The first-order chi connectivity index (χ1) is 38.1. The summed E-state index contributed by atoms with van der Waals surface area (Å²) < 4.78 is 5.04. The van der Waals surface area contributed by atoms with Gasteiger partial charge in [0.1, 0.15) is 35.4 Å². The van der Waals surface area contributed by atoms with Gasteiger partial charge in [-0.1, -0.05) is 212 Å². The molecule has 8 aromatic rings. The first kappa shape index (κ1) is 53.7. The van der Waals surface area contributed by atoms with Crippen LogP contribution in [0.15, 0.2) is 162 Å². The molecule has 1 aliphatic rings. The second-order valence-corrected chi connectivity index (χ2v) is 21.1. The Balaban J connectivity index is 0.734. The van der Waals surface area contributed by atoms with Crippen molar-refractivity contribution in [2.75, 3.05) is 18.0 Å². The van der Waals surface area contributed by atoms with Crippen LogP contribution in [-0.2, 0) is 13.1 Å². The van der Waals surface area contributed by atoms with Gasteiger partial charge >= 0.3 is 0 Å². The summed E-state index contributed by atoms with van der Waals surface area (Å²) in [6.45, 7) is 4.18. The molecule has 0 spiro atoms. The van der Waals surface area contributed by atoms with Gasteiger partial charge in [-0.2, -0.15) is 21.0 Å². The molecular formula is C70H73N7. The molecule has 0 N–H and O–H groups in total. The molecule has 2 heterocycles. The Morgan fingerprint density at radius 1 is 0.351 bits per heavy atom. The van der Waals surface area contributed by atoms with Crippen LogP contribution in [-0.4, -0.2) is 22.2 Å². The van der Waals surface area contributed by atoms with E-state index in [2.05, 4.69) is 160 Å². The molecule has 9 rings (SSSR count). The van der Waals surface area contributed by atoms with Gasteiger partial charge in [-0.15, -0.1) is 0 Å². The maximum Gasteiger partial charge on any atom is 0.138 e. The highest BCUT2D eigenvalue weighted by molar-refractivity contribution is 6.15. The summed E-state index contributed by atoms with van der Waals surface area (Å²) in [6, 6.07) is 59.5. The molecule has 0 fully saturated rings. The number of allylic oxidation sites excluding steroid dienone is 5. The average molecular weight is 1010 g/mol. The van der Waals surface area contributed by atoms with Crippen molar-refractivity contribution >= 4 is 66.5 Å². The molecule has 0 bridgehead atoms. The Morgan fingerprint density at radius 2 is 0.649 bits per heavy atom. The molecule has 0 atom stereocenters. The van der Waals surface area contributed by atoms with Crippen LogP contribution in [0.4, 0.5) is 5.69 Å². The number of fused-ring (bicyclic) bond motifs is 7. The normalized spacial score (nSPS) is 12.0. The van der Waals surface area contributed by atoms with Crippen molar-refractivity contribution in [3.8, 4) is 24.3 Å². The van der Waals surface area contributed by atoms with Gasteiger partial charge in [0.05, 0.1) is 0 Å². The lowest BCUT2D eigenvalue weighted by Crippen LogP contribution is -2.25. The van der Waals surface area contributed by atoms with Crippen LogP contribution in [0, 0.1) is 45.3 Å².